The molecular formula is C6H11N9. The highest BCUT2D eigenvalue weighted by atomic mass is 15.5. The lowest BCUT2D eigenvalue weighted by Crippen LogP contribution is -2.13. The van der Waals surface area contributed by atoms with Crippen molar-refractivity contribution in [2.24, 2.45) is 5.73 Å². The standard InChI is InChI=1S/C6H11N9/c7-1-2-14-3-4(10-13-14)5-11-12-6(8)15(5)9/h3H,1-2,7,9H2,(H2,8,12). The molecule has 0 aromatic carbocycles. The normalized spacial score (nSPS) is 10.7. The summed E-state index contributed by atoms with van der Waals surface area (Å²) in [5.74, 6) is 6.08. The Labute approximate surface area is 84.8 Å². The van der Waals surface area contributed by atoms with Gasteiger partial charge in [0.1, 0.15) is 0 Å². The summed E-state index contributed by atoms with van der Waals surface area (Å²) >= 11 is 0. The Hall–Kier alpha value is -2.16. The molecule has 0 unspecified atom stereocenters. The first kappa shape index (κ1) is 9.40. The SMILES string of the molecule is NCCn1cc(-c2nnc(N)n2N)nn1. The van der Waals surface area contributed by atoms with Crippen molar-refractivity contribution >= 4 is 5.95 Å². The summed E-state index contributed by atoms with van der Waals surface area (Å²) in [5.41, 5.74) is 11.3. The Balaban J connectivity index is 2.33. The predicted octanol–water partition coefficient (Wildman–Crippen LogP) is -2.21. The molecule has 0 fully saturated rings. The third-order valence-electron chi connectivity index (χ3n) is 1.85. The number of rotatable bonds is 3. The van der Waals surface area contributed by atoms with Crippen LogP contribution in [0.25, 0.3) is 11.5 Å². The van der Waals surface area contributed by atoms with Crippen LogP contribution in [0.4, 0.5) is 5.95 Å². The molecule has 0 radical (unpaired) electrons. The highest BCUT2D eigenvalue weighted by molar-refractivity contribution is 5.49. The molecule has 2 aromatic rings. The van der Waals surface area contributed by atoms with Crippen LogP contribution in [0.15, 0.2) is 6.20 Å². The molecule has 9 heteroatoms. The number of nitrogen functional groups attached to an aromatic ring is 2. The van der Waals surface area contributed by atoms with Gasteiger partial charge in [-0.2, -0.15) is 0 Å². The topological polar surface area (TPSA) is 139 Å². The van der Waals surface area contributed by atoms with Gasteiger partial charge in [-0.15, -0.1) is 15.3 Å². The van der Waals surface area contributed by atoms with E-state index in [2.05, 4.69) is 20.5 Å². The van der Waals surface area contributed by atoms with Gasteiger partial charge in [-0.05, 0) is 0 Å². The first-order valence-corrected chi connectivity index (χ1v) is 4.29. The average molecular weight is 209 g/mol. The first-order chi connectivity index (χ1) is 7.22. The molecule has 0 aliphatic carbocycles. The van der Waals surface area contributed by atoms with E-state index in [9.17, 15) is 0 Å². The Morgan fingerprint density at radius 2 is 2.07 bits per heavy atom. The number of nitrogens with two attached hydrogens (primary N) is 3. The Kier molecular flexibility index (Phi) is 2.21. The van der Waals surface area contributed by atoms with Crippen LogP contribution in [0.3, 0.4) is 0 Å². The van der Waals surface area contributed by atoms with Gasteiger partial charge < -0.3 is 17.3 Å². The largest absolute Gasteiger partial charge is 0.366 e. The van der Waals surface area contributed by atoms with Crippen molar-refractivity contribution in [2.75, 3.05) is 18.1 Å². The number of hydrogen-bond donors (Lipinski definition) is 3. The summed E-state index contributed by atoms with van der Waals surface area (Å²) in [6, 6.07) is 0. The van der Waals surface area contributed by atoms with E-state index in [1.54, 1.807) is 10.9 Å². The molecule has 0 saturated carbocycles. The number of hydrogen-bond acceptors (Lipinski definition) is 7. The second-order valence-corrected chi connectivity index (χ2v) is 2.91. The minimum atomic E-state index is 0.123. The third-order valence-corrected chi connectivity index (χ3v) is 1.85. The molecule has 0 spiro atoms. The van der Waals surface area contributed by atoms with Gasteiger partial charge in [0.05, 0.1) is 12.7 Å². The molecule has 0 bridgehead atoms. The number of anilines is 1. The Bertz CT molecular complexity index is 455. The Morgan fingerprint density at radius 3 is 2.67 bits per heavy atom. The lowest BCUT2D eigenvalue weighted by Gasteiger charge is -1.95. The van der Waals surface area contributed by atoms with Gasteiger partial charge in [-0.25, -0.2) is 4.68 Å². The zero-order valence-electron chi connectivity index (χ0n) is 7.91. The molecule has 0 aliphatic rings. The van der Waals surface area contributed by atoms with E-state index in [1.165, 1.54) is 0 Å². The maximum absolute atomic E-state index is 5.58. The minimum Gasteiger partial charge on any atom is -0.366 e. The van der Waals surface area contributed by atoms with E-state index < -0.39 is 0 Å². The predicted molar refractivity (Wildman–Crippen MR) is 52.7 cm³/mol. The molecular weight excluding hydrogens is 198 g/mol. The van der Waals surface area contributed by atoms with E-state index in [1.807, 2.05) is 0 Å². The zero-order valence-corrected chi connectivity index (χ0v) is 7.91. The smallest absolute Gasteiger partial charge is 0.241 e. The van der Waals surface area contributed by atoms with Gasteiger partial charge in [0.25, 0.3) is 0 Å². The van der Waals surface area contributed by atoms with Crippen LogP contribution in [-0.4, -0.2) is 36.4 Å². The molecule has 2 rings (SSSR count). The molecule has 15 heavy (non-hydrogen) atoms. The lowest BCUT2D eigenvalue weighted by atomic mass is 10.4. The fourth-order valence-corrected chi connectivity index (χ4v) is 1.12. The highest BCUT2D eigenvalue weighted by Gasteiger charge is 2.12. The summed E-state index contributed by atoms with van der Waals surface area (Å²) in [6.45, 7) is 1.07. The average Bonchev–Trinajstić information content (AvgIpc) is 2.77. The highest BCUT2D eigenvalue weighted by Crippen LogP contribution is 2.12. The monoisotopic (exact) mass is 209 g/mol. The number of nitrogens with zero attached hydrogens (tertiary/aromatic N) is 6. The van der Waals surface area contributed by atoms with Crippen LogP contribution in [0.1, 0.15) is 0 Å². The second kappa shape index (κ2) is 3.53. The summed E-state index contributed by atoms with van der Waals surface area (Å²) in [7, 11) is 0. The molecule has 0 aliphatic heterocycles. The van der Waals surface area contributed by atoms with Crippen LogP contribution < -0.4 is 17.3 Å². The van der Waals surface area contributed by atoms with Crippen LogP contribution in [0.2, 0.25) is 0 Å². The van der Waals surface area contributed by atoms with Gasteiger partial charge >= 0.3 is 0 Å². The van der Waals surface area contributed by atoms with E-state index in [4.69, 9.17) is 17.3 Å². The summed E-state index contributed by atoms with van der Waals surface area (Å²) in [4.78, 5) is 0. The molecule has 2 heterocycles. The van der Waals surface area contributed by atoms with Crippen LogP contribution in [-0.2, 0) is 6.54 Å². The van der Waals surface area contributed by atoms with E-state index in [0.29, 0.717) is 24.6 Å². The Morgan fingerprint density at radius 1 is 1.27 bits per heavy atom. The number of aromatic nitrogens is 6. The van der Waals surface area contributed by atoms with Crippen LogP contribution in [0, 0.1) is 0 Å². The maximum atomic E-state index is 5.58. The van der Waals surface area contributed by atoms with Gasteiger partial charge in [0.2, 0.25) is 11.8 Å². The van der Waals surface area contributed by atoms with Crippen LogP contribution in [0.5, 0.6) is 0 Å². The first-order valence-electron chi connectivity index (χ1n) is 4.29. The minimum absolute atomic E-state index is 0.123. The van der Waals surface area contributed by atoms with Gasteiger partial charge in [-0.3, -0.25) is 4.68 Å². The van der Waals surface area contributed by atoms with Crippen molar-refractivity contribution in [2.45, 2.75) is 6.54 Å². The van der Waals surface area contributed by atoms with Gasteiger partial charge in [0, 0.05) is 6.54 Å². The second-order valence-electron chi connectivity index (χ2n) is 2.91. The molecule has 2 aromatic heterocycles. The van der Waals surface area contributed by atoms with Crippen molar-refractivity contribution in [1.82, 2.24) is 29.9 Å². The van der Waals surface area contributed by atoms with Crippen molar-refractivity contribution < 1.29 is 0 Å². The molecule has 6 N–H and O–H groups in total. The molecule has 9 nitrogen and oxygen atoms in total. The van der Waals surface area contributed by atoms with Crippen molar-refractivity contribution in [3.8, 4) is 11.5 Å². The van der Waals surface area contributed by atoms with Crippen molar-refractivity contribution in [3.63, 3.8) is 0 Å². The molecule has 80 valence electrons. The van der Waals surface area contributed by atoms with E-state index in [0.717, 1.165) is 4.68 Å². The van der Waals surface area contributed by atoms with Crippen molar-refractivity contribution in [3.05, 3.63) is 6.20 Å². The molecule has 0 amide bonds. The lowest BCUT2D eigenvalue weighted by molar-refractivity contribution is 0.598. The fourth-order valence-electron chi connectivity index (χ4n) is 1.12. The quantitative estimate of drug-likeness (QED) is 0.487. The maximum Gasteiger partial charge on any atom is 0.241 e. The van der Waals surface area contributed by atoms with Gasteiger partial charge in [0.15, 0.2) is 5.69 Å². The third kappa shape index (κ3) is 1.59. The van der Waals surface area contributed by atoms with Gasteiger partial charge in [-0.1, -0.05) is 5.21 Å². The van der Waals surface area contributed by atoms with E-state index in [-0.39, 0.29) is 5.95 Å². The van der Waals surface area contributed by atoms with Crippen molar-refractivity contribution in [1.29, 1.82) is 0 Å². The summed E-state index contributed by atoms with van der Waals surface area (Å²) < 4.78 is 2.75. The molecule has 0 saturated heterocycles. The molecule has 0 atom stereocenters. The zero-order chi connectivity index (χ0) is 10.8. The summed E-state index contributed by atoms with van der Waals surface area (Å²) in [5, 5.41) is 15.1. The van der Waals surface area contributed by atoms with E-state index >= 15 is 0 Å². The summed E-state index contributed by atoms with van der Waals surface area (Å²) in [6.07, 6.45) is 1.68. The van der Waals surface area contributed by atoms with Crippen LogP contribution >= 0.6 is 0 Å². The fraction of sp³-hybridized carbons (Fsp3) is 0.333.